The number of thiocarbonyl (C=S) groups is 1. The first-order valence-electron chi connectivity index (χ1n) is 9.40. The van der Waals surface area contributed by atoms with E-state index in [1.807, 2.05) is 13.8 Å². The maximum Gasteiger partial charge on any atom is 0.305 e. The van der Waals surface area contributed by atoms with Gasteiger partial charge in [-0.2, -0.15) is 0 Å². The Balaban J connectivity index is 1.84. The van der Waals surface area contributed by atoms with Crippen LogP contribution < -0.4 is 0 Å². The molecule has 0 amide bonds. The molecule has 0 spiro atoms. The number of hydrogen-bond acceptors (Lipinski definition) is 6. The molecule has 0 aromatic rings. The van der Waals surface area contributed by atoms with Gasteiger partial charge >= 0.3 is 5.97 Å². The zero-order valence-electron chi connectivity index (χ0n) is 16.1. The highest BCUT2D eigenvalue weighted by Gasteiger charge is 2.38. The molecule has 2 heterocycles. The zero-order chi connectivity index (χ0) is 19.0. The van der Waals surface area contributed by atoms with E-state index in [4.69, 9.17) is 26.4 Å². The van der Waals surface area contributed by atoms with Crippen LogP contribution in [0.4, 0.5) is 0 Å². The molecule has 0 N–H and O–H groups in total. The molecular weight excluding hydrogens is 354 g/mol. The predicted molar refractivity (Wildman–Crippen MR) is 103 cm³/mol. The van der Waals surface area contributed by atoms with Gasteiger partial charge in [-0.1, -0.05) is 12.2 Å². The normalized spacial score (nSPS) is 23.3. The Hall–Kier alpha value is -1.18. The van der Waals surface area contributed by atoms with Crippen molar-refractivity contribution < 1.29 is 23.7 Å². The summed E-state index contributed by atoms with van der Waals surface area (Å²) in [6, 6.07) is 0. The summed E-state index contributed by atoms with van der Waals surface area (Å²) in [6.07, 6.45) is 8.86. The lowest BCUT2D eigenvalue weighted by Gasteiger charge is -2.27. The minimum Gasteiger partial charge on any atom is -0.469 e. The number of allylic oxidation sites excluding steroid dienone is 1. The summed E-state index contributed by atoms with van der Waals surface area (Å²) in [6.45, 7) is 6.23. The molecule has 2 fully saturated rings. The number of likely N-dealkylation sites (tertiary alicyclic amines) is 1. The minimum atomic E-state index is -0.591. The van der Waals surface area contributed by atoms with Gasteiger partial charge in [0.25, 0.3) is 5.17 Å². The highest BCUT2D eigenvalue weighted by molar-refractivity contribution is 7.80. The van der Waals surface area contributed by atoms with E-state index >= 15 is 0 Å². The van der Waals surface area contributed by atoms with Gasteiger partial charge < -0.3 is 23.8 Å². The van der Waals surface area contributed by atoms with E-state index in [0.717, 1.165) is 38.8 Å². The van der Waals surface area contributed by atoms with Crippen LogP contribution in [0.15, 0.2) is 12.2 Å². The van der Waals surface area contributed by atoms with Gasteiger partial charge in [-0.25, -0.2) is 0 Å². The van der Waals surface area contributed by atoms with Gasteiger partial charge in [0.1, 0.15) is 12.2 Å². The van der Waals surface area contributed by atoms with Crippen molar-refractivity contribution in [2.24, 2.45) is 0 Å². The van der Waals surface area contributed by atoms with Crippen molar-refractivity contribution >= 4 is 23.4 Å². The topological polar surface area (TPSA) is 57.2 Å². The Morgan fingerprint density at radius 2 is 2.08 bits per heavy atom. The van der Waals surface area contributed by atoms with E-state index in [-0.39, 0.29) is 18.2 Å². The minimum absolute atomic E-state index is 0.148. The number of carbonyl (C=O) groups excluding carboxylic acids is 1. The van der Waals surface area contributed by atoms with E-state index < -0.39 is 5.79 Å². The summed E-state index contributed by atoms with van der Waals surface area (Å²) in [7, 11) is 1.41. The average Bonchev–Trinajstić information content (AvgIpc) is 3.26. The Bertz CT molecular complexity index is 502. The van der Waals surface area contributed by atoms with E-state index in [0.29, 0.717) is 24.6 Å². The van der Waals surface area contributed by atoms with Crippen LogP contribution in [0.2, 0.25) is 0 Å². The SMILES string of the molecule is COC(=O)CCC/C=C\C[C@H](OC(=S)N1CCCC1)[C@H]1COC(C)(C)O1. The van der Waals surface area contributed by atoms with Gasteiger partial charge in [-0.05, 0) is 51.7 Å². The van der Waals surface area contributed by atoms with Crippen LogP contribution in [0.3, 0.4) is 0 Å². The third-order valence-electron chi connectivity index (χ3n) is 4.58. The number of nitrogens with zero attached hydrogens (tertiary/aromatic N) is 1. The van der Waals surface area contributed by atoms with Crippen LogP contribution in [0.5, 0.6) is 0 Å². The second-order valence-corrected chi connectivity index (χ2v) is 7.51. The van der Waals surface area contributed by atoms with Gasteiger partial charge in [0.05, 0.1) is 13.7 Å². The molecular formula is C19H31NO5S. The van der Waals surface area contributed by atoms with Crippen molar-refractivity contribution in [3.8, 4) is 0 Å². The van der Waals surface area contributed by atoms with Crippen LogP contribution >= 0.6 is 12.2 Å². The number of hydrogen-bond donors (Lipinski definition) is 0. The monoisotopic (exact) mass is 385 g/mol. The van der Waals surface area contributed by atoms with Crippen LogP contribution in [0, 0.1) is 0 Å². The molecule has 2 aliphatic rings. The van der Waals surface area contributed by atoms with E-state index in [1.54, 1.807) is 0 Å². The third kappa shape index (κ3) is 6.85. The number of rotatable bonds is 8. The molecule has 2 atom stereocenters. The first kappa shape index (κ1) is 21.1. The summed E-state index contributed by atoms with van der Waals surface area (Å²) in [5, 5.41) is 0.555. The fourth-order valence-corrected chi connectivity index (χ4v) is 3.40. The molecule has 0 aliphatic carbocycles. The number of esters is 1. The molecule has 2 aliphatic heterocycles. The molecule has 148 valence electrons. The third-order valence-corrected chi connectivity index (χ3v) is 4.93. The standard InChI is InChI=1S/C19H31NO5S/c1-19(2)23-14-16(25-19)15(24-18(26)20-12-8-9-13-20)10-6-4-5-7-11-17(21)22-3/h4,6,15-16H,5,7-14H2,1-3H3/b6-4-/t15-,16+/m0/s1. The van der Waals surface area contributed by atoms with Gasteiger partial charge in [-0.3, -0.25) is 4.79 Å². The quantitative estimate of drug-likeness (QED) is 0.275. The molecule has 0 aromatic heterocycles. The van der Waals surface area contributed by atoms with E-state index in [9.17, 15) is 4.79 Å². The Morgan fingerprint density at radius 3 is 2.69 bits per heavy atom. The maximum atomic E-state index is 11.1. The van der Waals surface area contributed by atoms with Crippen LogP contribution in [0.1, 0.15) is 52.4 Å². The van der Waals surface area contributed by atoms with Gasteiger partial charge in [0.2, 0.25) is 0 Å². The number of ether oxygens (including phenoxy) is 4. The van der Waals surface area contributed by atoms with Gasteiger partial charge in [0.15, 0.2) is 5.79 Å². The van der Waals surface area contributed by atoms with Crippen molar-refractivity contribution in [3.05, 3.63) is 12.2 Å². The largest absolute Gasteiger partial charge is 0.469 e. The Labute approximate surface area is 161 Å². The van der Waals surface area contributed by atoms with Gasteiger partial charge in [0, 0.05) is 25.9 Å². The lowest BCUT2D eigenvalue weighted by atomic mass is 10.1. The molecule has 26 heavy (non-hydrogen) atoms. The summed E-state index contributed by atoms with van der Waals surface area (Å²) in [5.74, 6) is -0.763. The molecule has 0 unspecified atom stereocenters. The highest BCUT2D eigenvalue weighted by atomic mass is 32.1. The number of carbonyl (C=O) groups is 1. The number of unbranched alkanes of at least 4 members (excludes halogenated alkanes) is 1. The first-order valence-corrected chi connectivity index (χ1v) is 9.81. The van der Waals surface area contributed by atoms with Crippen molar-refractivity contribution in [3.63, 3.8) is 0 Å². The summed E-state index contributed by atoms with van der Waals surface area (Å²) in [4.78, 5) is 13.2. The second kappa shape index (κ2) is 10.2. The highest BCUT2D eigenvalue weighted by Crippen LogP contribution is 2.27. The summed E-state index contributed by atoms with van der Waals surface area (Å²) < 4.78 is 22.4. The smallest absolute Gasteiger partial charge is 0.305 e. The van der Waals surface area contributed by atoms with Crippen LogP contribution in [0.25, 0.3) is 0 Å². The maximum absolute atomic E-state index is 11.1. The Morgan fingerprint density at radius 1 is 1.35 bits per heavy atom. The number of methoxy groups -OCH3 is 1. The predicted octanol–water partition coefficient (Wildman–Crippen LogP) is 3.19. The van der Waals surface area contributed by atoms with Crippen molar-refractivity contribution in [2.75, 3.05) is 26.8 Å². The van der Waals surface area contributed by atoms with Crippen molar-refractivity contribution in [2.45, 2.75) is 70.4 Å². The molecule has 2 saturated heterocycles. The summed E-state index contributed by atoms with van der Waals surface area (Å²) in [5.41, 5.74) is 0. The van der Waals surface area contributed by atoms with Crippen LogP contribution in [-0.2, 0) is 23.7 Å². The average molecular weight is 386 g/mol. The van der Waals surface area contributed by atoms with Crippen molar-refractivity contribution in [1.29, 1.82) is 0 Å². The molecule has 2 rings (SSSR count). The summed E-state index contributed by atoms with van der Waals surface area (Å²) >= 11 is 5.48. The lowest BCUT2D eigenvalue weighted by molar-refractivity contribution is -0.149. The molecule has 6 nitrogen and oxygen atoms in total. The van der Waals surface area contributed by atoms with Gasteiger partial charge in [-0.15, -0.1) is 0 Å². The van der Waals surface area contributed by atoms with E-state index in [2.05, 4.69) is 21.8 Å². The first-order chi connectivity index (χ1) is 12.4. The van der Waals surface area contributed by atoms with Crippen LogP contribution in [-0.4, -0.2) is 60.8 Å². The molecule has 0 bridgehead atoms. The van der Waals surface area contributed by atoms with Crippen molar-refractivity contribution in [1.82, 2.24) is 4.90 Å². The molecule has 0 saturated carbocycles. The zero-order valence-corrected chi connectivity index (χ0v) is 16.9. The van der Waals surface area contributed by atoms with E-state index in [1.165, 1.54) is 7.11 Å². The fraction of sp³-hybridized carbons (Fsp3) is 0.789. The lowest BCUT2D eigenvalue weighted by Crippen LogP contribution is -2.38. The molecule has 0 aromatic carbocycles. The molecule has 0 radical (unpaired) electrons. The Kier molecular flexibility index (Phi) is 8.31. The second-order valence-electron chi connectivity index (χ2n) is 7.16. The fourth-order valence-electron chi connectivity index (χ4n) is 3.09. The molecule has 7 heteroatoms.